The Labute approximate surface area is 295 Å². The molecule has 5 heterocycles. The van der Waals surface area contributed by atoms with E-state index in [-0.39, 0.29) is 26.5 Å². The number of hydrogen-bond donors (Lipinski definition) is 0. The van der Waals surface area contributed by atoms with Crippen molar-refractivity contribution in [2.75, 3.05) is 0 Å². The van der Waals surface area contributed by atoms with E-state index in [4.69, 9.17) is 9.72 Å². The molecule has 48 heavy (non-hydrogen) atoms. The van der Waals surface area contributed by atoms with Gasteiger partial charge in [-0.15, -0.1) is 30.3 Å². The Morgan fingerprint density at radius 1 is 0.667 bits per heavy atom. The summed E-state index contributed by atoms with van der Waals surface area (Å²) >= 11 is 1.84. The van der Waals surface area contributed by atoms with E-state index in [2.05, 4.69) is 119 Å². The van der Waals surface area contributed by atoms with Crippen LogP contribution in [0.4, 0.5) is 0 Å². The topological polar surface area (TPSA) is 44.4 Å². The standard InChI is InChI=1S/C41H26N4OS.Pt/c1-41(2)33-13-4-6-15-35(33)47-36-19-18-30-31-12-8-20-42-40(31)45(38(30)37(36)41)25-9-7-10-26(23-25)46-27-16-17-28-29-11-3-5-14-34(29)44-22-21-43-39(44)32(28)24-27;/h3-22H,1-2H3;/q-2;+2. The maximum absolute atomic E-state index is 6.50. The Morgan fingerprint density at radius 3 is 2.40 bits per heavy atom. The number of para-hydroxylation sites is 1. The van der Waals surface area contributed by atoms with Crippen molar-refractivity contribution in [2.45, 2.75) is 29.1 Å². The summed E-state index contributed by atoms with van der Waals surface area (Å²) in [7, 11) is 0. The number of pyridine rings is 2. The average Bonchev–Trinajstić information content (AvgIpc) is 3.72. The van der Waals surface area contributed by atoms with Gasteiger partial charge in [-0.2, -0.15) is 6.07 Å². The molecule has 1 aliphatic rings. The predicted octanol–water partition coefficient (Wildman–Crippen LogP) is 10.3. The first-order valence-electron chi connectivity index (χ1n) is 15.7. The number of nitrogens with zero attached hydrogens (tertiary/aromatic N) is 4. The molecule has 0 radical (unpaired) electrons. The fourth-order valence-corrected chi connectivity index (χ4v) is 8.84. The summed E-state index contributed by atoms with van der Waals surface area (Å²) in [6.07, 6.45) is 5.69. The Balaban J connectivity index is 0.00000314. The monoisotopic (exact) mass is 817 g/mol. The van der Waals surface area contributed by atoms with Gasteiger partial charge in [0.2, 0.25) is 0 Å². The summed E-state index contributed by atoms with van der Waals surface area (Å²) in [4.78, 5) is 12.2. The normalized spacial score (nSPS) is 13.5. The number of hydrogen-bond acceptors (Lipinski definition) is 4. The minimum absolute atomic E-state index is 0. The van der Waals surface area contributed by atoms with E-state index in [0.717, 1.165) is 49.6 Å². The number of ether oxygens (including phenoxy) is 1. The first-order valence-corrected chi connectivity index (χ1v) is 16.5. The molecule has 0 bridgehead atoms. The Hall–Kier alpha value is -4.90. The summed E-state index contributed by atoms with van der Waals surface area (Å²) in [5.74, 6) is 1.21. The van der Waals surface area contributed by atoms with Gasteiger partial charge in [-0.25, -0.2) is 4.98 Å². The Morgan fingerprint density at radius 2 is 1.46 bits per heavy atom. The predicted molar refractivity (Wildman–Crippen MR) is 189 cm³/mol. The van der Waals surface area contributed by atoms with E-state index in [1.807, 2.05) is 54.6 Å². The largest absolute Gasteiger partial charge is 2.00 e. The van der Waals surface area contributed by atoms with Gasteiger partial charge in [-0.05, 0) is 41.3 Å². The van der Waals surface area contributed by atoms with Crippen molar-refractivity contribution in [1.82, 2.24) is 18.9 Å². The summed E-state index contributed by atoms with van der Waals surface area (Å²) in [5.41, 5.74) is 7.30. The van der Waals surface area contributed by atoms with Gasteiger partial charge in [-0.3, -0.25) is 4.98 Å². The van der Waals surface area contributed by atoms with Crippen LogP contribution in [0.5, 0.6) is 11.5 Å². The third kappa shape index (κ3) is 4.16. The molecule has 7 heteroatoms. The molecule has 5 nitrogen and oxygen atoms in total. The molecule has 0 aliphatic carbocycles. The molecular weight excluding hydrogens is 792 g/mol. The van der Waals surface area contributed by atoms with Gasteiger partial charge in [0.15, 0.2) is 0 Å². The maximum Gasteiger partial charge on any atom is 2.00 e. The second-order valence-corrected chi connectivity index (χ2v) is 13.6. The number of rotatable bonds is 3. The molecule has 4 aromatic heterocycles. The minimum Gasteiger partial charge on any atom is -0.503 e. The van der Waals surface area contributed by atoms with Crippen LogP contribution >= 0.6 is 11.8 Å². The van der Waals surface area contributed by atoms with E-state index < -0.39 is 0 Å². The van der Waals surface area contributed by atoms with Gasteiger partial charge in [0.25, 0.3) is 0 Å². The van der Waals surface area contributed by atoms with Crippen LogP contribution in [0.2, 0.25) is 0 Å². The molecule has 0 spiro atoms. The first kappa shape index (κ1) is 29.3. The van der Waals surface area contributed by atoms with Crippen molar-refractivity contribution in [2.24, 2.45) is 0 Å². The molecule has 5 aromatic carbocycles. The number of benzene rings is 5. The molecule has 9 aromatic rings. The maximum atomic E-state index is 6.50. The van der Waals surface area contributed by atoms with Gasteiger partial charge in [0, 0.05) is 67.1 Å². The zero-order valence-corrected chi connectivity index (χ0v) is 29.1. The van der Waals surface area contributed by atoms with Gasteiger partial charge in [0.1, 0.15) is 5.65 Å². The smallest absolute Gasteiger partial charge is 0.503 e. The van der Waals surface area contributed by atoms with E-state index in [1.54, 1.807) is 0 Å². The summed E-state index contributed by atoms with van der Waals surface area (Å²) < 4.78 is 10.9. The zero-order chi connectivity index (χ0) is 31.3. The molecule has 0 saturated heterocycles. The van der Waals surface area contributed by atoms with Crippen LogP contribution < -0.4 is 4.74 Å². The fourth-order valence-electron chi connectivity index (χ4n) is 7.44. The van der Waals surface area contributed by atoms with Crippen LogP contribution in [0.3, 0.4) is 0 Å². The van der Waals surface area contributed by atoms with Crippen molar-refractivity contribution in [3.63, 3.8) is 0 Å². The van der Waals surface area contributed by atoms with Gasteiger partial charge >= 0.3 is 21.1 Å². The molecule has 0 unspecified atom stereocenters. The number of aromatic nitrogens is 4. The van der Waals surface area contributed by atoms with Crippen LogP contribution in [-0.2, 0) is 26.5 Å². The van der Waals surface area contributed by atoms with Crippen LogP contribution in [-0.4, -0.2) is 18.9 Å². The fraction of sp³-hybridized carbons (Fsp3) is 0.0732. The Bertz CT molecular complexity index is 2740. The molecule has 0 saturated carbocycles. The SMILES string of the molecule is CC1(C)c2ccccc2Sc2ccc3c4cccnc4n(-c4[c-]c(Oc5[c-]c6c(cc5)c5ccccc5n5ccnc65)ccc4)c3c21.[Pt+2]. The van der Waals surface area contributed by atoms with E-state index in [0.29, 0.717) is 11.5 Å². The van der Waals surface area contributed by atoms with Crippen molar-refractivity contribution < 1.29 is 25.8 Å². The van der Waals surface area contributed by atoms with Crippen molar-refractivity contribution in [1.29, 1.82) is 0 Å². The van der Waals surface area contributed by atoms with Crippen LogP contribution in [0.1, 0.15) is 25.0 Å². The first-order chi connectivity index (χ1) is 23.1. The second-order valence-electron chi connectivity index (χ2n) is 12.5. The van der Waals surface area contributed by atoms with Crippen molar-refractivity contribution >= 4 is 61.0 Å². The third-order valence-electron chi connectivity index (χ3n) is 9.51. The third-order valence-corrected chi connectivity index (χ3v) is 10.6. The van der Waals surface area contributed by atoms with E-state index >= 15 is 0 Å². The summed E-state index contributed by atoms with van der Waals surface area (Å²) in [6, 6.07) is 43.1. The summed E-state index contributed by atoms with van der Waals surface area (Å²) in [6.45, 7) is 4.66. The number of imidazole rings is 1. The molecular formula is C41H26N4OPtS. The van der Waals surface area contributed by atoms with Gasteiger partial charge in [0.05, 0.1) is 11.2 Å². The Kier molecular flexibility index (Phi) is 6.59. The van der Waals surface area contributed by atoms with Crippen LogP contribution in [0, 0.1) is 12.1 Å². The zero-order valence-electron chi connectivity index (χ0n) is 26.0. The van der Waals surface area contributed by atoms with Crippen molar-refractivity contribution in [3.05, 3.63) is 145 Å². The van der Waals surface area contributed by atoms with Crippen LogP contribution in [0.15, 0.2) is 132 Å². The molecule has 1 aliphatic heterocycles. The van der Waals surface area contributed by atoms with Crippen LogP contribution in [0.25, 0.3) is 54.9 Å². The second kappa shape index (κ2) is 10.8. The molecule has 0 fully saturated rings. The van der Waals surface area contributed by atoms with Gasteiger partial charge in [-0.1, -0.05) is 90.6 Å². The van der Waals surface area contributed by atoms with E-state index in [1.165, 1.54) is 26.3 Å². The van der Waals surface area contributed by atoms with Crippen molar-refractivity contribution in [3.8, 4) is 17.2 Å². The molecule has 232 valence electrons. The molecule has 0 atom stereocenters. The average molecular weight is 818 g/mol. The summed E-state index contributed by atoms with van der Waals surface area (Å²) in [5, 5.41) is 5.45. The molecule has 0 amide bonds. The minimum atomic E-state index is -0.223. The van der Waals surface area contributed by atoms with Gasteiger partial charge < -0.3 is 13.7 Å². The number of fused-ring (bicyclic) bond motifs is 12. The van der Waals surface area contributed by atoms with E-state index in [9.17, 15) is 0 Å². The molecule has 10 rings (SSSR count). The quantitative estimate of drug-likeness (QED) is 0.132. The molecule has 0 N–H and O–H groups in total.